The van der Waals surface area contributed by atoms with Crippen molar-refractivity contribution in [1.82, 2.24) is 14.7 Å². The molecular weight excluding hydrogens is 250 g/mol. The van der Waals surface area contributed by atoms with E-state index in [1.54, 1.807) is 18.4 Å². The molecule has 0 spiro atoms. The quantitative estimate of drug-likeness (QED) is 0.825. The van der Waals surface area contributed by atoms with Gasteiger partial charge < -0.3 is 15.2 Å². The summed E-state index contributed by atoms with van der Waals surface area (Å²) in [5, 5.41) is 12.5. The van der Waals surface area contributed by atoms with Gasteiger partial charge >= 0.3 is 0 Å². The molecule has 2 aromatic heterocycles. The Hall–Kier alpha value is -0.950. The second-order valence-corrected chi connectivity index (χ2v) is 5.57. The number of nitrogens with zero attached hydrogens (tertiary/aromatic N) is 2. The lowest BCUT2D eigenvalue weighted by atomic mass is 10.3. The molecule has 0 amide bonds. The van der Waals surface area contributed by atoms with E-state index in [0.717, 1.165) is 16.3 Å². The van der Waals surface area contributed by atoms with E-state index in [4.69, 9.17) is 4.74 Å². The Morgan fingerprint density at radius 1 is 1.56 bits per heavy atom. The molecule has 0 saturated heterocycles. The second-order valence-electron chi connectivity index (χ2n) is 4.35. The average Bonchev–Trinajstić information content (AvgIpc) is 2.80. The topological polar surface area (TPSA) is 58.8 Å². The van der Waals surface area contributed by atoms with E-state index < -0.39 is 0 Å². The number of ether oxygens (including phenoxy) is 1. The first kappa shape index (κ1) is 13.5. The molecule has 100 valence electrons. The molecule has 0 aliphatic carbocycles. The highest BCUT2D eigenvalue weighted by atomic mass is 32.1. The number of methoxy groups -OCH3 is 1. The zero-order valence-electron chi connectivity index (χ0n) is 10.9. The molecule has 0 radical (unpaired) electrons. The van der Waals surface area contributed by atoms with Crippen molar-refractivity contribution >= 4 is 16.3 Å². The van der Waals surface area contributed by atoms with Gasteiger partial charge in [-0.25, -0.2) is 4.98 Å². The third-order valence-corrected chi connectivity index (χ3v) is 3.79. The van der Waals surface area contributed by atoms with Crippen LogP contribution < -0.4 is 5.32 Å². The fourth-order valence-corrected chi connectivity index (χ4v) is 2.83. The van der Waals surface area contributed by atoms with E-state index >= 15 is 0 Å². The number of aliphatic hydroxyl groups excluding tert-OH is 1. The van der Waals surface area contributed by atoms with Crippen molar-refractivity contribution < 1.29 is 9.84 Å². The maximum absolute atomic E-state index is 9.21. The standard InChI is InChI=1S/C12H19N3O2S/c1-8-5-15-11(9(2)14-12(15)18-8)4-13-10(6-16)7-17-3/h5,10,13,16H,4,6-7H2,1-3H3. The van der Waals surface area contributed by atoms with Crippen LogP contribution in [0.4, 0.5) is 0 Å². The van der Waals surface area contributed by atoms with Crippen LogP contribution >= 0.6 is 11.3 Å². The SMILES string of the molecule is COCC(CO)NCc1c(C)nc2sc(C)cn12. The fraction of sp³-hybridized carbons (Fsp3) is 0.583. The lowest BCUT2D eigenvalue weighted by Gasteiger charge is -2.15. The number of nitrogens with one attached hydrogen (secondary N) is 1. The molecule has 0 fully saturated rings. The van der Waals surface area contributed by atoms with Crippen LogP contribution in [0.25, 0.3) is 4.96 Å². The van der Waals surface area contributed by atoms with E-state index in [1.165, 1.54) is 4.88 Å². The number of aromatic nitrogens is 2. The molecule has 5 nitrogen and oxygen atoms in total. The average molecular weight is 269 g/mol. The minimum atomic E-state index is -0.0420. The van der Waals surface area contributed by atoms with E-state index in [9.17, 15) is 5.11 Å². The van der Waals surface area contributed by atoms with E-state index in [-0.39, 0.29) is 12.6 Å². The van der Waals surface area contributed by atoms with Crippen molar-refractivity contribution in [2.24, 2.45) is 0 Å². The first-order valence-corrected chi connectivity index (χ1v) is 6.74. The summed E-state index contributed by atoms with van der Waals surface area (Å²) >= 11 is 1.69. The Labute approximate surface area is 110 Å². The molecule has 2 heterocycles. The monoisotopic (exact) mass is 269 g/mol. The Kier molecular flexibility index (Phi) is 4.34. The molecule has 1 atom stereocenters. The molecule has 0 aliphatic rings. The number of thiazole rings is 1. The molecule has 0 aromatic carbocycles. The largest absolute Gasteiger partial charge is 0.395 e. The molecular formula is C12H19N3O2S. The summed E-state index contributed by atoms with van der Waals surface area (Å²) in [5.41, 5.74) is 2.17. The summed E-state index contributed by atoms with van der Waals surface area (Å²) in [6.45, 7) is 5.33. The molecule has 0 saturated carbocycles. The van der Waals surface area contributed by atoms with Crippen molar-refractivity contribution in [2.45, 2.75) is 26.4 Å². The van der Waals surface area contributed by atoms with Gasteiger partial charge in [0, 0.05) is 24.7 Å². The highest BCUT2D eigenvalue weighted by Crippen LogP contribution is 2.20. The Balaban J connectivity index is 2.12. The lowest BCUT2D eigenvalue weighted by molar-refractivity contribution is 0.128. The number of imidazole rings is 1. The van der Waals surface area contributed by atoms with Crippen LogP contribution in [0.1, 0.15) is 16.3 Å². The van der Waals surface area contributed by atoms with Gasteiger partial charge in [-0.1, -0.05) is 0 Å². The molecule has 18 heavy (non-hydrogen) atoms. The molecule has 2 aromatic rings. The van der Waals surface area contributed by atoms with Crippen LogP contribution in [-0.4, -0.2) is 40.9 Å². The number of rotatable bonds is 6. The van der Waals surface area contributed by atoms with E-state index in [2.05, 4.69) is 27.8 Å². The van der Waals surface area contributed by atoms with Gasteiger partial charge in [0.2, 0.25) is 0 Å². The van der Waals surface area contributed by atoms with Crippen molar-refractivity contribution in [1.29, 1.82) is 0 Å². The van der Waals surface area contributed by atoms with Crippen LogP contribution in [0, 0.1) is 13.8 Å². The Morgan fingerprint density at radius 2 is 2.33 bits per heavy atom. The third kappa shape index (κ3) is 2.72. The van der Waals surface area contributed by atoms with Gasteiger partial charge in [0.15, 0.2) is 4.96 Å². The smallest absolute Gasteiger partial charge is 0.194 e. The predicted octanol–water partition coefficient (Wildman–Crippen LogP) is 1.11. The number of hydrogen-bond donors (Lipinski definition) is 2. The molecule has 0 aliphatic heterocycles. The van der Waals surface area contributed by atoms with Crippen molar-refractivity contribution in [3.8, 4) is 0 Å². The summed E-state index contributed by atoms with van der Waals surface area (Å²) in [4.78, 5) is 6.80. The van der Waals surface area contributed by atoms with Crippen LogP contribution in [-0.2, 0) is 11.3 Å². The normalized spacial score (nSPS) is 13.3. The fourth-order valence-electron chi connectivity index (χ4n) is 1.94. The number of aliphatic hydroxyl groups is 1. The van der Waals surface area contributed by atoms with Gasteiger partial charge in [-0.15, -0.1) is 11.3 Å². The maximum Gasteiger partial charge on any atom is 0.194 e. The summed E-state index contributed by atoms with van der Waals surface area (Å²) < 4.78 is 7.16. The van der Waals surface area contributed by atoms with Crippen LogP contribution in [0.15, 0.2) is 6.20 Å². The van der Waals surface area contributed by atoms with E-state index in [1.807, 2.05) is 6.92 Å². The lowest BCUT2D eigenvalue weighted by Crippen LogP contribution is -2.36. The summed E-state index contributed by atoms with van der Waals surface area (Å²) in [6.07, 6.45) is 2.10. The number of aryl methyl sites for hydroxylation is 2. The molecule has 1 unspecified atom stereocenters. The van der Waals surface area contributed by atoms with Crippen molar-refractivity contribution in [3.05, 3.63) is 22.5 Å². The number of hydrogen-bond acceptors (Lipinski definition) is 5. The summed E-state index contributed by atoms with van der Waals surface area (Å²) in [7, 11) is 1.63. The molecule has 0 bridgehead atoms. The van der Waals surface area contributed by atoms with Gasteiger partial charge in [-0.05, 0) is 13.8 Å². The zero-order chi connectivity index (χ0) is 13.1. The minimum Gasteiger partial charge on any atom is -0.395 e. The maximum atomic E-state index is 9.21. The summed E-state index contributed by atoms with van der Waals surface area (Å²) in [5.74, 6) is 0. The van der Waals surface area contributed by atoms with E-state index in [0.29, 0.717) is 13.2 Å². The third-order valence-electron chi connectivity index (χ3n) is 2.89. The van der Waals surface area contributed by atoms with Gasteiger partial charge in [0.25, 0.3) is 0 Å². The highest BCUT2D eigenvalue weighted by Gasteiger charge is 2.13. The summed E-state index contributed by atoms with van der Waals surface area (Å²) in [6, 6.07) is -0.0420. The van der Waals surface area contributed by atoms with Gasteiger partial charge in [-0.2, -0.15) is 0 Å². The number of fused-ring (bicyclic) bond motifs is 1. The van der Waals surface area contributed by atoms with Gasteiger partial charge in [-0.3, -0.25) is 4.40 Å². The Bertz CT molecular complexity index is 521. The van der Waals surface area contributed by atoms with Crippen LogP contribution in [0.5, 0.6) is 0 Å². The Morgan fingerprint density at radius 3 is 3.00 bits per heavy atom. The zero-order valence-corrected chi connectivity index (χ0v) is 11.8. The van der Waals surface area contributed by atoms with Crippen LogP contribution in [0.3, 0.4) is 0 Å². The first-order valence-electron chi connectivity index (χ1n) is 5.92. The molecule has 6 heteroatoms. The minimum absolute atomic E-state index is 0.0420. The van der Waals surface area contributed by atoms with Crippen molar-refractivity contribution in [3.63, 3.8) is 0 Å². The van der Waals surface area contributed by atoms with Crippen LogP contribution in [0.2, 0.25) is 0 Å². The van der Waals surface area contributed by atoms with Gasteiger partial charge in [0.1, 0.15) is 0 Å². The molecule has 2 rings (SSSR count). The molecule has 2 N–H and O–H groups in total. The highest BCUT2D eigenvalue weighted by molar-refractivity contribution is 7.17. The van der Waals surface area contributed by atoms with Crippen molar-refractivity contribution in [2.75, 3.05) is 20.3 Å². The van der Waals surface area contributed by atoms with Gasteiger partial charge in [0.05, 0.1) is 30.6 Å². The predicted molar refractivity (Wildman–Crippen MR) is 72.1 cm³/mol. The second kappa shape index (κ2) is 5.79. The first-order chi connectivity index (χ1) is 8.65.